The second-order valence-electron chi connectivity index (χ2n) is 5.42. The number of aliphatic hydroxyl groups excluding tert-OH is 1. The monoisotopic (exact) mass is 335 g/mol. The minimum atomic E-state index is -0.664. The Balaban J connectivity index is 1.87. The molecule has 4 N–H and O–H groups in total. The van der Waals surface area contributed by atoms with Gasteiger partial charge < -0.3 is 15.6 Å². The normalized spacial score (nSPS) is 24.4. The fourth-order valence-corrected chi connectivity index (χ4v) is 2.54. The zero-order valence-electron chi connectivity index (χ0n) is 12.9. The largest absolute Gasteiger partial charge is 0.394 e. The number of aryl methyl sites for hydroxylation is 1. The van der Waals surface area contributed by atoms with E-state index in [9.17, 15) is 14.7 Å². The van der Waals surface area contributed by atoms with Crippen molar-refractivity contribution in [2.75, 3.05) is 6.61 Å². The topological polar surface area (TPSA) is 153 Å². The molecule has 0 spiro atoms. The molecule has 3 rings (SSSR count). The van der Waals surface area contributed by atoms with Crippen molar-refractivity contribution in [1.82, 2.24) is 24.3 Å². The number of aromatic amines is 1. The number of rotatable bonds is 3. The van der Waals surface area contributed by atoms with Crippen molar-refractivity contribution in [3.05, 3.63) is 45.3 Å². The molecule has 0 bridgehead atoms. The van der Waals surface area contributed by atoms with E-state index in [1.807, 2.05) is 0 Å². The molecule has 24 heavy (non-hydrogen) atoms. The molecule has 1 aliphatic heterocycles. The number of aliphatic hydroxyl groups is 1. The molecule has 128 valence electrons. The summed E-state index contributed by atoms with van der Waals surface area (Å²) in [5, 5.41) is 13.4. The number of nitrogens with two attached hydrogens (primary N) is 1. The molecule has 11 nitrogen and oxygen atoms in total. The highest BCUT2D eigenvalue weighted by Gasteiger charge is 2.36. The first-order valence-corrected chi connectivity index (χ1v) is 7.26. The van der Waals surface area contributed by atoms with Crippen molar-refractivity contribution < 1.29 is 9.84 Å². The summed E-state index contributed by atoms with van der Waals surface area (Å²) in [5.41, 5.74) is 5.21. The van der Waals surface area contributed by atoms with E-state index in [2.05, 4.69) is 20.1 Å². The predicted octanol–water partition coefficient (Wildman–Crippen LogP) is -2.05. The lowest BCUT2D eigenvalue weighted by atomic mass is 10.1. The van der Waals surface area contributed by atoms with Gasteiger partial charge in [-0.15, -0.1) is 0 Å². The Kier molecular flexibility index (Phi) is 4.27. The van der Waals surface area contributed by atoms with Crippen LogP contribution in [0.3, 0.4) is 0 Å². The van der Waals surface area contributed by atoms with E-state index in [1.54, 1.807) is 6.92 Å². The first kappa shape index (κ1) is 16.1. The van der Waals surface area contributed by atoms with Gasteiger partial charge in [-0.1, -0.05) is 0 Å². The predicted molar refractivity (Wildman–Crippen MR) is 82.5 cm³/mol. The highest BCUT2D eigenvalue weighted by atomic mass is 16.5. The van der Waals surface area contributed by atoms with Gasteiger partial charge in [0.15, 0.2) is 0 Å². The summed E-state index contributed by atoms with van der Waals surface area (Å²) < 4.78 is 8.25. The Morgan fingerprint density at radius 2 is 2.38 bits per heavy atom. The molecule has 0 radical (unpaired) electrons. The van der Waals surface area contributed by atoms with E-state index >= 15 is 0 Å². The quantitative estimate of drug-likeness (QED) is 0.431. The molecule has 0 unspecified atom stereocenters. The maximum Gasteiger partial charge on any atom is 0.330 e. The standard InChI is InChI=1S/C13H17N7O4/c1-7-3-19(13(23)18-11(7)22)10-2-8(9(4-21)24-10)17-12(14)20-6-15-5-16-20/h3,5-6,8-10,21H,2,4H2,1H3,(H2,14,17)(H,18,22,23)/t8-,9+,10+/m0/s1. The number of H-pyrrole nitrogens is 1. The summed E-state index contributed by atoms with van der Waals surface area (Å²) in [5.74, 6) is 0.102. The van der Waals surface area contributed by atoms with Crippen molar-refractivity contribution in [2.24, 2.45) is 10.7 Å². The van der Waals surface area contributed by atoms with Crippen molar-refractivity contribution in [3.63, 3.8) is 0 Å². The van der Waals surface area contributed by atoms with Crippen molar-refractivity contribution in [3.8, 4) is 0 Å². The second-order valence-corrected chi connectivity index (χ2v) is 5.42. The molecule has 1 fully saturated rings. The Morgan fingerprint density at radius 3 is 3.04 bits per heavy atom. The van der Waals surface area contributed by atoms with Crippen molar-refractivity contribution in [1.29, 1.82) is 0 Å². The van der Waals surface area contributed by atoms with E-state index in [0.29, 0.717) is 12.0 Å². The van der Waals surface area contributed by atoms with Gasteiger partial charge in [0.1, 0.15) is 25.0 Å². The number of ether oxygens (including phenoxy) is 1. The van der Waals surface area contributed by atoms with Crippen LogP contribution in [0.15, 0.2) is 33.4 Å². The number of hydrogen-bond donors (Lipinski definition) is 3. The van der Waals surface area contributed by atoms with Crippen LogP contribution in [0.2, 0.25) is 0 Å². The summed E-state index contributed by atoms with van der Waals surface area (Å²) in [7, 11) is 0. The first-order valence-electron chi connectivity index (χ1n) is 7.26. The third kappa shape index (κ3) is 2.98. The fraction of sp³-hybridized carbons (Fsp3) is 0.462. The molecule has 0 aliphatic carbocycles. The average molecular weight is 335 g/mol. The van der Waals surface area contributed by atoms with Gasteiger partial charge in [0, 0.05) is 18.2 Å². The molecule has 0 aromatic carbocycles. The lowest BCUT2D eigenvalue weighted by Crippen LogP contribution is -2.33. The molecule has 0 amide bonds. The maximum atomic E-state index is 12.0. The number of nitrogens with one attached hydrogen (secondary N) is 1. The first-order chi connectivity index (χ1) is 11.5. The number of aromatic nitrogens is 5. The van der Waals surface area contributed by atoms with E-state index < -0.39 is 29.6 Å². The van der Waals surface area contributed by atoms with E-state index in [0.717, 1.165) is 0 Å². The van der Waals surface area contributed by atoms with Crippen LogP contribution in [0, 0.1) is 6.92 Å². The zero-order chi connectivity index (χ0) is 17.3. The van der Waals surface area contributed by atoms with Crippen LogP contribution in [0.4, 0.5) is 0 Å². The van der Waals surface area contributed by atoms with E-state index in [-0.39, 0.29) is 12.6 Å². The van der Waals surface area contributed by atoms with Crippen LogP contribution < -0.4 is 17.0 Å². The third-order valence-electron chi connectivity index (χ3n) is 3.79. The summed E-state index contributed by atoms with van der Waals surface area (Å²) in [6.07, 6.45) is 3.16. The smallest absolute Gasteiger partial charge is 0.330 e. The lowest BCUT2D eigenvalue weighted by molar-refractivity contribution is -0.0270. The SMILES string of the molecule is Cc1cn([C@H]2C[C@H](N=C(N)n3cncn3)[C@@H](CO)O2)c(=O)[nH]c1=O. The van der Waals surface area contributed by atoms with Crippen LogP contribution in [-0.4, -0.2) is 54.1 Å². The lowest BCUT2D eigenvalue weighted by Gasteiger charge is -2.14. The Labute approximate surface area is 135 Å². The van der Waals surface area contributed by atoms with Gasteiger partial charge in [0.2, 0.25) is 5.96 Å². The Bertz CT molecular complexity index is 854. The van der Waals surface area contributed by atoms with Crippen molar-refractivity contribution in [2.45, 2.75) is 31.7 Å². The van der Waals surface area contributed by atoms with Gasteiger partial charge in [0.25, 0.3) is 5.56 Å². The van der Waals surface area contributed by atoms with Gasteiger partial charge in [-0.05, 0) is 6.92 Å². The van der Waals surface area contributed by atoms with Gasteiger partial charge >= 0.3 is 5.69 Å². The molecular formula is C13H17N7O4. The summed E-state index contributed by atoms with van der Waals surface area (Å²) >= 11 is 0. The van der Waals surface area contributed by atoms with Crippen LogP contribution in [-0.2, 0) is 4.74 Å². The average Bonchev–Trinajstić information content (AvgIpc) is 3.20. The van der Waals surface area contributed by atoms with Gasteiger partial charge in [-0.3, -0.25) is 14.3 Å². The van der Waals surface area contributed by atoms with Gasteiger partial charge in [-0.25, -0.2) is 14.8 Å². The van der Waals surface area contributed by atoms with Crippen LogP contribution in [0.25, 0.3) is 0 Å². The zero-order valence-corrected chi connectivity index (χ0v) is 12.9. The Morgan fingerprint density at radius 1 is 1.58 bits per heavy atom. The maximum absolute atomic E-state index is 12.0. The summed E-state index contributed by atoms with van der Waals surface area (Å²) in [6, 6.07) is -0.469. The number of nitrogens with zero attached hydrogens (tertiary/aromatic N) is 5. The van der Waals surface area contributed by atoms with Crippen LogP contribution in [0.5, 0.6) is 0 Å². The minimum absolute atomic E-state index is 0.102. The Hall–Kier alpha value is -2.79. The minimum Gasteiger partial charge on any atom is -0.394 e. The van der Waals surface area contributed by atoms with Gasteiger partial charge in [-0.2, -0.15) is 9.78 Å². The molecule has 0 saturated carbocycles. The number of hydrogen-bond acceptors (Lipinski definition) is 7. The van der Waals surface area contributed by atoms with E-state index in [4.69, 9.17) is 10.5 Å². The summed E-state index contributed by atoms with van der Waals surface area (Å²) in [6.45, 7) is 1.30. The van der Waals surface area contributed by atoms with Crippen LogP contribution >= 0.6 is 0 Å². The van der Waals surface area contributed by atoms with Gasteiger partial charge in [0.05, 0.1) is 12.6 Å². The third-order valence-corrected chi connectivity index (χ3v) is 3.79. The fourth-order valence-electron chi connectivity index (χ4n) is 2.54. The van der Waals surface area contributed by atoms with Crippen LogP contribution in [0.1, 0.15) is 18.2 Å². The highest BCUT2D eigenvalue weighted by Crippen LogP contribution is 2.29. The number of aliphatic imine (C=N–C) groups is 1. The molecular weight excluding hydrogens is 318 g/mol. The second kappa shape index (κ2) is 6.37. The molecule has 3 atom stereocenters. The molecule has 1 aliphatic rings. The van der Waals surface area contributed by atoms with E-state index in [1.165, 1.54) is 28.1 Å². The highest BCUT2D eigenvalue weighted by molar-refractivity contribution is 5.79. The summed E-state index contributed by atoms with van der Waals surface area (Å²) in [4.78, 5) is 33.7. The molecule has 11 heteroatoms. The molecule has 1 saturated heterocycles. The molecule has 3 heterocycles. The van der Waals surface area contributed by atoms with Crippen molar-refractivity contribution >= 4 is 5.96 Å². The molecule has 2 aromatic heterocycles. The molecule has 2 aromatic rings.